The van der Waals surface area contributed by atoms with Gasteiger partial charge >= 0.3 is 0 Å². The zero-order chi connectivity index (χ0) is 21.5. The number of benzene rings is 3. The normalized spacial score (nSPS) is 14.1. The molecule has 0 radical (unpaired) electrons. The molecule has 3 aromatic carbocycles. The van der Waals surface area contributed by atoms with Gasteiger partial charge in [-0.05, 0) is 47.5 Å². The van der Waals surface area contributed by atoms with E-state index < -0.39 is 0 Å². The number of methoxy groups -OCH3 is 1. The summed E-state index contributed by atoms with van der Waals surface area (Å²) >= 11 is 6.51. The van der Waals surface area contributed by atoms with Crippen molar-refractivity contribution < 1.29 is 14.2 Å². The van der Waals surface area contributed by atoms with Crippen LogP contribution in [0.25, 0.3) is 0 Å². The molecule has 160 valence electrons. The summed E-state index contributed by atoms with van der Waals surface area (Å²) in [6, 6.07) is 21.7. The standard InChI is InChI=1S/C25H25ClN2O3/c1-29-25-15-20(7-10-24(25)31-18-19-5-3-2-4-6-19)17-27-21-8-9-23(22(26)16-21)28-11-13-30-14-12-28/h2-10,15-17H,11-14,18H2,1H3. The Kier molecular flexibility index (Phi) is 7.07. The van der Waals surface area contributed by atoms with Crippen molar-refractivity contribution in [1.82, 2.24) is 0 Å². The molecule has 1 aliphatic rings. The lowest BCUT2D eigenvalue weighted by Gasteiger charge is -2.29. The fourth-order valence-corrected chi connectivity index (χ4v) is 3.70. The van der Waals surface area contributed by atoms with E-state index in [1.807, 2.05) is 66.7 Å². The quantitative estimate of drug-likeness (QED) is 0.458. The van der Waals surface area contributed by atoms with Crippen molar-refractivity contribution in [1.29, 1.82) is 0 Å². The fraction of sp³-hybridized carbons (Fsp3) is 0.240. The molecule has 5 nitrogen and oxygen atoms in total. The second-order valence-electron chi connectivity index (χ2n) is 7.18. The summed E-state index contributed by atoms with van der Waals surface area (Å²) < 4.78 is 16.8. The van der Waals surface area contributed by atoms with Crippen LogP contribution in [0.5, 0.6) is 11.5 Å². The first-order valence-electron chi connectivity index (χ1n) is 10.2. The first-order valence-corrected chi connectivity index (χ1v) is 10.6. The molecule has 6 heteroatoms. The molecule has 0 unspecified atom stereocenters. The van der Waals surface area contributed by atoms with Crippen molar-refractivity contribution in [2.45, 2.75) is 6.61 Å². The number of halogens is 1. The average molecular weight is 437 g/mol. The molecule has 0 bridgehead atoms. The zero-order valence-electron chi connectivity index (χ0n) is 17.5. The van der Waals surface area contributed by atoms with Crippen LogP contribution in [0.15, 0.2) is 71.7 Å². The topological polar surface area (TPSA) is 43.3 Å². The second kappa shape index (κ2) is 10.3. The molecule has 3 aromatic rings. The predicted molar refractivity (Wildman–Crippen MR) is 126 cm³/mol. The monoisotopic (exact) mass is 436 g/mol. The number of aliphatic imine (C=N–C) groups is 1. The Labute approximate surface area is 187 Å². The van der Waals surface area contributed by atoms with Gasteiger partial charge in [0.05, 0.1) is 36.7 Å². The molecule has 1 fully saturated rings. The predicted octanol–water partition coefficient (Wildman–Crippen LogP) is 5.51. The Morgan fingerprint density at radius 2 is 1.81 bits per heavy atom. The first kappa shape index (κ1) is 21.2. The van der Waals surface area contributed by atoms with Gasteiger partial charge in [-0.15, -0.1) is 0 Å². The second-order valence-corrected chi connectivity index (χ2v) is 7.59. The van der Waals surface area contributed by atoms with Crippen LogP contribution in [-0.2, 0) is 11.3 Å². The molecule has 4 rings (SSSR count). The lowest BCUT2D eigenvalue weighted by atomic mass is 10.2. The van der Waals surface area contributed by atoms with Crippen LogP contribution in [0.3, 0.4) is 0 Å². The van der Waals surface area contributed by atoms with Gasteiger partial charge in [0.25, 0.3) is 0 Å². The molecule has 0 spiro atoms. The minimum atomic E-state index is 0.485. The van der Waals surface area contributed by atoms with E-state index in [0.29, 0.717) is 23.1 Å². The van der Waals surface area contributed by atoms with Crippen LogP contribution in [0.4, 0.5) is 11.4 Å². The maximum absolute atomic E-state index is 6.51. The Bertz CT molecular complexity index is 1030. The van der Waals surface area contributed by atoms with E-state index in [1.165, 1.54) is 0 Å². The van der Waals surface area contributed by atoms with E-state index in [9.17, 15) is 0 Å². The third kappa shape index (κ3) is 5.57. The van der Waals surface area contributed by atoms with Crippen LogP contribution in [-0.4, -0.2) is 39.6 Å². The number of hydrogen-bond donors (Lipinski definition) is 0. The maximum atomic E-state index is 6.51. The molecular formula is C25H25ClN2O3. The Morgan fingerprint density at radius 1 is 1.00 bits per heavy atom. The van der Waals surface area contributed by atoms with Gasteiger partial charge in [0.2, 0.25) is 0 Å². The zero-order valence-corrected chi connectivity index (χ0v) is 18.2. The minimum absolute atomic E-state index is 0.485. The number of nitrogens with zero attached hydrogens (tertiary/aromatic N) is 2. The summed E-state index contributed by atoms with van der Waals surface area (Å²) in [5.74, 6) is 1.36. The number of hydrogen-bond acceptors (Lipinski definition) is 5. The minimum Gasteiger partial charge on any atom is -0.493 e. The molecule has 1 saturated heterocycles. The van der Waals surface area contributed by atoms with Gasteiger partial charge in [0.15, 0.2) is 11.5 Å². The number of morpholine rings is 1. The van der Waals surface area contributed by atoms with Crippen molar-refractivity contribution in [3.63, 3.8) is 0 Å². The molecule has 1 heterocycles. The summed E-state index contributed by atoms with van der Waals surface area (Å²) in [5.41, 5.74) is 3.83. The van der Waals surface area contributed by atoms with Gasteiger partial charge in [-0.3, -0.25) is 4.99 Å². The van der Waals surface area contributed by atoms with Crippen molar-refractivity contribution in [2.24, 2.45) is 4.99 Å². The van der Waals surface area contributed by atoms with E-state index in [2.05, 4.69) is 9.89 Å². The smallest absolute Gasteiger partial charge is 0.161 e. The van der Waals surface area contributed by atoms with Crippen LogP contribution in [0.2, 0.25) is 5.02 Å². The van der Waals surface area contributed by atoms with Crippen molar-refractivity contribution in [3.8, 4) is 11.5 Å². The molecule has 1 aliphatic heterocycles. The van der Waals surface area contributed by atoms with Crippen LogP contribution in [0, 0.1) is 0 Å². The highest BCUT2D eigenvalue weighted by Gasteiger charge is 2.14. The molecule has 0 amide bonds. The van der Waals surface area contributed by atoms with Gasteiger partial charge in [0, 0.05) is 19.3 Å². The summed E-state index contributed by atoms with van der Waals surface area (Å²) in [4.78, 5) is 6.81. The van der Waals surface area contributed by atoms with Crippen LogP contribution >= 0.6 is 11.6 Å². The fourth-order valence-electron chi connectivity index (χ4n) is 3.40. The van der Waals surface area contributed by atoms with Crippen LogP contribution in [0.1, 0.15) is 11.1 Å². The molecule has 31 heavy (non-hydrogen) atoms. The van der Waals surface area contributed by atoms with Gasteiger partial charge in [0.1, 0.15) is 6.61 Å². The highest BCUT2D eigenvalue weighted by molar-refractivity contribution is 6.33. The van der Waals surface area contributed by atoms with E-state index in [0.717, 1.165) is 48.8 Å². The van der Waals surface area contributed by atoms with E-state index in [-0.39, 0.29) is 0 Å². The summed E-state index contributed by atoms with van der Waals surface area (Å²) in [6.07, 6.45) is 1.80. The van der Waals surface area contributed by atoms with Crippen molar-refractivity contribution in [2.75, 3.05) is 38.3 Å². The molecule has 0 N–H and O–H groups in total. The number of ether oxygens (including phenoxy) is 3. The SMILES string of the molecule is COc1cc(C=Nc2ccc(N3CCOCC3)c(Cl)c2)ccc1OCc1ccccc1. The summed E-state index contributed by atoms with van der Waals surface area (Å²) in [5, 5.41) is 0.693. The van der Waals surface area contributed by atoms with Gasteiger partial charge in [-0.1, -0.05) is 41.9 Å². The Balaban J connectivity index is 1.44. The van der Waals surface area contributed by atoms with Gasteiger partial charge in [-0.2, -0.15) is 0 Å². The first-order chi connectivity index (χ1) is 15.2. The molecule has 0 atom stereocenters. The lowest BCUT2D eigenvalue weighted by molar-refractivity contribution is 0.122. The van der Waals surface area contributed by atoms with E-state index in [1.54, 1.807) is 13.3 Å². The Morgan fingerprint density at radius 3 is 2.55 bits per heavy atom. The molecule has 0 saturated carbocycles. The van der Waals surface area contributed by atoms with Crippen molar-refractivity contribution >= 4 is 29.2 Å². The van der Waals surface area contributed by atoms with E-state index >= 15 is 0 Å². The number of anilines is 1. The summed E-state index contributed by atoms with van der Waals surface area (Å²) in [7, 11) is 1.63. The lowest BCUT2D eigenvalue weighted by Crippen LogP contribution is -2.36. The highest BCUT2D eigenvalue weighted by atomic mass is 35.5. The molecule has 0 aliphatic carbocycles. The maximum Gasteiger partial charge on any atom is 0.161 e. The van der Waals surface area contributed by atoms with Gasteiger partial charge < -0.3 is 19.1 Å². The third-order valence-electron chi connectivity index (χ3n) is 5.07. The van der Waals surface area contributed by atoms with Crippen molar-refractivity contribution in [3.05, 3.63) is 82.9 Å². The molecule has 0 aromatic heterocycles. The summed E-state index contributed by atoms with van der Waals surface area (Å²) in [6.45, 7) is 3.63. The largest absolute Gasteiger partial charge is 0.493 e. The molecular weight excluding hydrogens is 412 g/mol. The number of rotatable bonds is 7. The Hall–Kier alpha value is -3.02. The average Bonchev–Trinajstić information content (AvgIpc) is 2.83. The third-order valence-corrected chi connectivity index (χ3v) is 5.37. The highest BCUT2D eigenvalue weighted by Crippen LogP contribution is 2.31. The van der Waals surface area contributed by atoms with Crippen LogP contribution < -0.4 is 14.4 Å². The van der Waals surface area contributed by atoms with E-state index in [4.69, 9.17) is 25.8 Å². The van der Waals surface area contributed by atoms with Gasteiger partial charge in [-0.25, -0.2) is 0 Å².